The van der Waals surface area contributed by atoms with Gasteiger partial charge in [0.15, 0.2) is 0 Å². The fourth-order valence-electron chi connectivity index (χ4n) is 8.59. The molecule has 0 spiro atoms. The minimum absolute atomic E-state index is 0.903. The van der Waals surface area contributed by atoms with Crippen LogP contribution in [0.2, 0.25) is 0 Å². The van der Waals surface area contributed by atoms with E-state index in [1.807, 2.05) is 6.07 Å². The molecule has 9 aromatic carbocycles. The van der Waals surface area contributed by atoms with Crippen molar-refractivity contribution in [2.75, 3.05) is 4.90 Å². The van der Waals surface area contributed by atoms with E-state index in [9.17, 15) is 0 Å². The molecule has 11 rings (SSSR count). The maximum absolute atomic E-state index is 6.75. The Morgan fingerprint density at radius 3 is 1.28 bits per heavy atom. The summed E-state index contributed by atoms with van der Waals surface area (Å²) in [6.07, 6.45) is 0. The van der Waals surface area contributed by atoms with Gasteiger partial charge in [0.05, 0.1) is 16.7 Å². The molecule has 0 fully saturated rings. The van der Waals surface area contributed by atoms with Crippen LogP contribution in [0.5, 0.6) is 0 Å². The molecule has 0 radical (unpaired) electrons. The van der Waals surface area contributed by atoms with E-state index in [1.165, 1.54) is 27.4 Å². The second-order valence-electron chi connectivity index (χ2n) is 14.5. The highest BCUT2D eigenvalue weighted by atomic mass is 16.3. The van der Waals surface area contributed by atoms with Gasteiger partial charge in [0.25, 0.3) is 0 Å². The Morgan fingerprint density at radius 1 is 0.298 bits per heavy atom. The number of benzene rings is 9. The Morgan fingerprint density at radius 2 is 0.702 bits per heavy atom. The molecule has 0 aliphatic carbocycles. The second-order valence-corrected chi connectivity index (χ2v) is 14.5. The van der Waals surface area contributed by atoms with Gasteiger partial charge in [-0.15, -0.1) is 0 Å². The molecular weight excluding hydrogens is 693 g/mol. The maximum atomic E-state index is 6.75. The third-order valence-electron chi connectivity index (χ3n) is 11.2. The largest absolute Gasteiger partial charge is 0.455 e. The molecule has 2 aromatic heterocycles. The van der Waals surface area contributed by atoms with E-state index in [0.29, 0.717) is 0 Å². The third-order valence-corrected chi connectivity index (χ3v) is 11.2. The lowest BCUT2D eigenvalue weighted by Gasteiger charge is -2.26. The zero-order valence-electron chi connectivity index (χ0n) is 31.1. The fourth-order valence-corrected chi connectivity index (χ4v) is 8.59. The van der Waals surface area contributed by atoms with Gasteiger partial charge in [0.2, 0.25) is 0 Å². The standard InChI is InChI=1S/C54H36N2O/c1-3-15-37(16-4-1)44-22-13-24-48-49-25-14-23-45(54(49)57-53(44)48)39-31-35-42(36-32-39)55(40-17-5-2-6-18-40)41-33-29-38(30-34-41)43-19-7-10-26-50(43)56-51-27-11-8-20-46(51)47-21-9-12-28-52(47)56/h1-36H. The molecule has 11 aromatic rings. The second kappa shape index (κ2) is 13.6. The predicted octanol–water partition coefficient (Wildman–Crippen LogP) is 15.2. The number of para-hydroxylation sites is 6. The lowest BCUT2D eigenvalue weighted by molar-refractivity contribution is 0.671. The summed E-state index contributed by atoms with van der Waals surface area (Å²) in [5, 5.41) is 4.76. The molecule has 0 amide bonds. The van der Waals surface area contributed by atoms with E-state index in [2.05, 4.69) is 222 Å². The van der Waals surface area contributed by atoms with Gasteiger partial charge in [0.1, 0.15) is 11.2 Å². The van der Waals surface area contributed by atoms with Gasteiger partial charge >= 0.3 is 0 Å². The monoisotopic (exact) mass is 728 g/mol. The van der Waals surface area contributed by atoms with Crippen molar-refractivity contribution in [2.24, 2.45) is 0 Å². The molecule has 0 N–H and O–H groups in total. The summed E-state index contributed by atoms with van der Waals surface area (Å²) in [5.74, 6) is 0. The Bertz CT molecular complexity index is 3160. The Labute approximate surface area is 330 Å². The van der Waals surface area contributed by atoms with Crippen molar-refractivity contribution in [1.29, 1.82) is 0 Å². The summed E-state index contributed by atoms with van der Waals surface area (Å²) in [6.45, 7) is 0. The fraction of sp³-hybridized carbons (Fsp3) is 0. The zero-order valence-corrected chi connectivity index (χ0v) is 31.1. The minimum atomic E-state index is 0.903. The number of hydrogen-bond acceptors (Lipinski definition) is 2. The van der Waals surface area contributed by atoms with Gasteiger partial charge in [-0.25, -0.2) is 0 Å². The van der Waals surface area contributed by atoms with Crippen LogP contribution in [-0.2, 0) is 0 Å². The molecule has 268 valence electrons. The van der Waals surface area contributed by atoms with Crippen LogP contribution in [0.15, 0.2) is 223 Å². The number of hydrogen-bond donors (Lipinski definition) is 0. The number of aromatic nitrogens is 1. The van der Waals surface area contributed by atoms with E-state index < -0.39 is 0 Å². The number of fused-ring (bicyclic) bond motifs is 6. The first kappa shape index (κ1) is 32.8. The minimum Gasteiger partial charge on any atom is -0.455 e. The van der Waals surface area contributed by atoms with Gasteiger partial charge in [-0.3, -0.25) is 0 Å². The summed E-state index contributed by atoms with van der Waals surface area (Å²) in [5.41, 5.74) is 15.4. The van der Waals surface area contributed by atoms with Crippen LogP contribution in [0.3, 0.4) is 0 Å². The highest BCUT2D eigenvalue weighted by Gasteiger charge is 2.19. The number of anilines is 3. The first-order valence-corrected chi connectivity index (χ1v) is 19.4. The van der Waals surface area contributed by atoms with Gasteiger partial charge in [-0.05, 0) is 71.3 Å². The van der Waals surface area contributed by atoms with Gasteiger partial charge < -0.3 is 13.9 Å². The molecule has 2 heterocycles. The molecule has 0 saturated heterocycles. The molecule has 3 nitrogen and oxygen atoms in total. The van der Waals surface area contributed by atoms with E-state index in [1.54, 1.807) is 0 Å². The molecule has 3 heteroatoms. The Hall–Kier alpha value is -7.62. The topological polar surface area (TPSA) is 21.3 Å². The number of rotatable bonds is 7. The molecule has 0 saturated carbocycles. The first-order valence-electron chi connectivity index (χ1n) is 19.4. The summed E-state index contributed by atoms with van der Waals surface area (Å²) >= 11 is 0. The summed E-state index contributed by atoms with van der Waals surface area (Å²) < 4.78 is 9.15. The van der Waals surface area contributed by atoms with Gasteiger partial charge in [0, 0.05) is 55.3 Å². The van der Waals surface area contributed by atoms with Crippen molar-refractivity contribution in [2.45, 2.75) is 0 Å². The lowest BCUT2D eigenvalue weighted by atomic mass is 10.00. The average molecular weight is 729 g/mol. The molecule has 57 heavy (non-hydrogen) atoms. The molecule has 0 unspecified atom stereocenters. The highest BCUT2D eigenvalue weighted by Crippen LogP contribution is 2.42. The predicted molar refractivity (Wildman–Crippen MR) is 239 cm³/mol. The van der Waals surface area contributed by atoms with Crippen molar-refractivity contribution in [1.82, 2.24) is 4.57 Å². The third kappa shape index (κ3) is 5.51. The van der Waals surface area contributed by atoms with Crippen LogP contribution >= 0.6 is 0 Å². The van der Waals surface area contributed by atoms with E-state index in [4.69, 9.17) is 4.42 Å². The van der Waals surface area contributed by atoms with Crippen molar-refractivity contribution >= 4 is 60.8 Å². The molecule has 0 bridgehead atoms. The van der Waals surface area contributed by atoms with Crippen LogP contribution in [0.4, 0.5) is 17.1 Å². The number of nitrogens with zero attached hydrogens (tertiary/aromatic N) is 2. The smallest absolute Gasteiger partial charge is 0.143 e. The van der Waals surface area contributed by atoms with Crippen LogP contribution in [0.25, 0.3) is 82.8 Å². The average Bonchev–Trinajstić information content (AvgIpc) is 3.84. The number of furan rings is 1. The SMILES string of the molecule is c1ccc(-c2cccc3c2oc2c(-c4ccc(N(c5ccccc5)c5ccc(-c6ccccc6-n6c7ccccc7c7ccccc76)cc5)cc4)cccc23)cc1. The Kier molecular flexibility index (Phi) is 7.82. The van der Waals surface area contributed by atoms with E-state index >= 15 is 0 Å². The molecule has 0 atom stereocenters. The quantitative estimate of drug-likeness (QED) is 0.163. The van der Waals surface area contributed by atoms with Crippen LogP contribution in [0.1, 0.15) is 0 Å². The lowest BCUT2D eigenvalue weighted by Crippen LogP contribution is -2.09. The van der Waals surface area contributed by atoms with E-state index in [0.717, 1.165) is 72.5 Å². The van der Waals surface area contributed by atoms with Crippen LogP contribution < -0.4 is 4.90 Å². The van der Waals surface area contributed by atoms with Crippen LogP contribution in [-0.4, -0.2) is 4.57 Å². The zero-order chi connectivity index (χ0) is 37.7. The van der Waals surface area contributed by atoms with Gasteiger partial charge in [-0.2, -0.15) is 0 Å². The van der Waals surface area contributed by atoms with Crippen LogP contribution in [0, 0.1) is 0 Å². The van der Waals surface area contributed by atoms with Crippen molar-refractivity contribution in [3.63, 3.8) is 0 Å². The maximum Gasteiger partial charge on any atom is 0.143 e. The summed E-state index contributed by atoms with van der Waals surface area (Å²) in [6, 6.07) is 77.8. The molecule has 0 aliphatic rings. The van der Waals surface area contributed by atoms with E-state index in [-0.39, 0.29) is 0 Å². The summed E-state index contributed by atoms with van der Waals surface area (Å²) in [4.78, 5) is 2.32. The normalized spacial score (nSPS) is 11.5. The van der Waals surface area contributed by atoms with Crippen molar-refractivity contribution in [3.8, 4) is 39.1 Å². The van der Waals surface area contributed by atoms with Gasteiger partial charge in [-0.1, -0.05) is 164 Å². The highest BCUT2D eigenvalue weighted by molar-refractivity contribution is 6.13. The Balaban J connectivity index is 0.975. The van der Waals surface area contributed by atoms with Crippen molar-refractivity contribution < 1.29 is 4.42 Å². The molecule has 0 aliphatic heterocycles. The molecular formula is C54H36N2O. The van der Waals surface area contributed by atoms with Crippen molar-refractivity contribution in [3.05, 3.63) is 218 Å². The first-order chi connectivity index (χ1) is 28.3. The summed E-state index contributed by atoms with van der Waals surface area (Å²) in [7, 11) is 0.